The van der Waals surface area contributed by atoms with Gasteiger partial charge < -0.3 is 9.88 Å². The molecule has 25 heavy (non-hydrogen) atoms. The van der Waals surface area contributed by atoms with Gasteiger partial charge in [0.2, 0.25) is 0 Å². The van der Waals surface area contributed by atoms with Gasteiger partial charge in [-0.15, -0.1) is 0 Å². The van der Waals surface area contributed by atoms with E-state index in [1.54, 1.807) is 12.7 Å². The van der Waals surface area contributed by atoms with E-state index in [1.165, 1.54) is 11.3 Å². The molecular formula is C17H14ClN7. The molecule has 0 aliphatic carbocycles. The van der Waals surface area contributed by atoms with Crippen LogP contribution in [0.2, 0.25) is 5.02 Å². The highest BCUT2D eigenvalue weighted by atomic mass is 35.5. The van der Waals surface area contributed by atoms with Gasteiger partial charge in [-0.3, -0.25) is 5.10 Å². The highest BCUT2D eigenvalue weighted by Gasteiger charge is 2.25. The van der Waals surface area contributed by atoms with E-state index in [0.717, 1.165) is 47.1 Å². The van der Waals surface area contributed by atoms with Crippen molar-refractivity contribution in [2.45, 2.75) is 13.0 Å². The van der Waals surface area contributed by atoms with Crippen molar-refractivity contribution in [1.29, 1.82) is 0 Å². The molecule has 1 aliphatic rings. The minimum atomic E-state index is 0.681. The minimum Gasteiger partial charge on any atom is -0.350 e. The van der Waals surface area contributed by atoms with Crippen LogP contribution in [0.15, 0.2) is 36.9 Å². The maximum Gasteiger partial charge on any atom is 0.182 e. The summed E-state index contributed by atoms with van der Waals surface area (Å²) in [4.78, 5) is 18.3. The van der Waals surface area contributed by atoms with Crippen LogP contribution in [0.1, 0.15) is 11.3 Å². The molecule has 0 radical (unpaired) electrons. The van der Waals surface area contributed by atoms with Gasteiger partial charge in [0.25, 0.3) is 0 Å². The number of rotatable bonds is 2. The number of nitrogens with one attached hydrogen (secondary N) is 2. The normalized spacial score (nSPS) is 14.0. The van der Waals surface area contributed by atoms with Crippen LogP contribution in [0.25, 0.3) is 22.4 Å². The van der Waals surface area contributed by atoms with Crippen molar-refractivity contribution in [2.75, 3.05) is 11.4 Å². The summed E-state index contributed by atoms with van der Waals surface area (Å²) < 4.78 is 0. The Kier molecular flexibility index (Phi) is 3.21. The molecule has 2 N–H and O–H groups in total. The lowest BCUT2D eigenvalue weighted by Crippen LogP contribution is -2.31. The van der Waals surface area contributed by atoms with E-state index in [0.29, 0.717) is 5.65 Å². The Morgan fingerprint density at radius 2 is 1.96 bits per heavy atom. The predicted octanol–water partition coefficient (Wildman–Crippen LogP) is 2.96. The van der Waals surface area contributed by atoms with E-state index < -0.39 is 0 Å². The molecule has 0 amide bonds. The highest BCUT2D eigenvalue weighted by molar-refractivity contribution is 6.30. The summed E-state index contributed by atoms with van der Waals surface area (Å²) in [5, 5.41) is 8.43. The second-order valence-electron chi connectivity index (χ2n) is 6.01. The first-order valence-corrected chi connectivity index (χ1v) is 8.38. The lowest BCUT2D eigenvalue weighted by molar-refractivity contribution is 0.712. The van der Waals surface area contributed by atoms with Crippen molar-refractivity contribution in [3.05, 3.63) is 53.2 Å². The van der Waals surface area contributed by atoms with Crippen LogP contribution < -0.4 is 4.90 Å². The molecule has 5 rings (SSSR count). The second kappa shape index (κ2) is 5.56. The fourth-order valence-electron chi connectivity index (χ4n) is 3.31. The molecule has 1 aliphatic heterocycles. The fourth-order valence-corrected chi connectivity index (χ4v) is 3.44. The SMILES string of the molecule is Clc1ccc(-c2n[nH]c3c2CN(c2ncnc4nc[nH]c24)CC3)cc1. The molecule has 0 unspecified atom stereocenters. The van der Waals surface area contributed by atoms with E-state index >= 15 is 0 Å². The van der Waals surface area contributed by atoms with Crippen molar-refractivity contribution < 1.29 is 0 Å². The van der Waals surface area contributed by atoms with E-state index in [4.69, 9.17) is 11.6 Å². The van der Waals surface area contributed by atoms with Crippen LogP contribution in [0.4, 0.5) is 5.82 Å². The summed E-state index contributed by atoms with van der Waals surface area (Å²) in [5.41, 5.74) is 5.93. The molecular weight excluding hydrogens is 338 g/mol. The summed E-state index contributed by atoms with van der Waals surface area (Å²) in [7, 11) is 0. The van der Waals surface area contributed by atoms with Gasteiger partial charge in [-0.1, -0.05) is 23.7 Å². The third kappa shape index (κ3) is 2.35. The van der Waals surface area contributed by atoms with E-state index in [-0.39, 0.29) is 0 Å². The molecule has 4 aromatic rings. The van der Waals surface area contributed by atoms with Crippen molar-refractivity contribution in [3.8, 4) is 11.3 Å². The number of halogens is 1. The third-order valence-electron chi connectivity index (χ3n) is 4.55. The number of fused-ring (bicyclic) bond motifs is 2. The number of hydrogen-bond donors (Lipinski definition) is 2. The number of hydrogen-bond acceptors (Lipinski definition) is 5. The van der Waals surface area contributed by atoms with E-state index in [2.05, 4.69) is 35.0 Å². The topological polar surface area (TPSA) is 86.4 Å². The van der Waals surface area contributed by atoms with Crippen LogP contribution >= 0.6 is 11.6 Å². The third-order valence-corrected chi connectivity index (χ3v) is 4.81. The van der Waals surface area contributed by atoms with Crippen LogP contribution in [-0.4, -0.2) is 36.7 Å². The Balaban J connectivity index is 1.55. The van der Waals surface area contributed by atoms with Gasteiger partial charge in [0.1, 0.15) is 11.8 Å². The lowest BCUT2D eigenvalue weighted by Gasteiger charge is -2.28. The summed E-state index contributed by atoms with van der Waals surface area (Å²) in [5.74, 6) is 0.872. The molecule has 0 atom stereocenters. The number of anilines is 1. The number of benzene rings is 1. The van der Waals surface area contributed by atoms with Gasteiger partial charge in [0.15, 0.2) is 11.5 Å². The highest BCUT2D eigenvalue weighted by Crippen LogP contribution is 2.32. The number of imidazole rings is 1. The van der Waals surface area contributed by atoms with Crippen LogP contribution in [0, 0.1) is 0 Å². The quantitative estimate of drug-likeness (QED) is 0.580. The van der Waals surface area contributed by atoms with Crippen molar-refractivity contribution >= 4 is 28.6 Å². The predicted molar refractivity (Wildman–Crippen MR) is 95.5 cm³/mol. The standard InChI is InChI=1S/C17H14ClN7/c18-11-3-1-10(2-4-11)14-12-7-25(6-5-13(12)23-24-14)17-15-16(20-8-19-15)21-9-22-17/h1-4,8-9H,5-7H2,(H,23,24)(H,19,20,21,22). The average molecular weight is 352 g/mol. The summed E-state index contributed by atoms with van der Waals surface area (Å²) >= 11 is 6.00. The molecule has 8 heteroatoms. The number of H-pyrrole nitrogens is 2. The summed E-state index contributed by atoms with van der Waals surface area (Å²) in [6, 6.07) is 7.76. The van der Waals surface area contributed by atoms with Crippen molar-refractivity contribution in [3.63, 3.8) is 0 Å². The first-order chi connectivity index (χ1) is 12.3. The smallest absolute Gasteiger partial charge is 0.182 e. The number of nitrogens with zero attached hydrogens (tertiary/aromatic N) is 5. The Labute approximate surface area is 148 Å². The molecule has 4 heterocycles. The van der Waals surface area contributed by atoms with Crippen LogP contribution in [0.3, 0.4) is 0 Å². The summed E-state index contributed by atoms with van der Waals surface area (Å²) in [6.45, 7) is 1.59. The zero-order valence-corrected chi connectivity index (χ0v) is 14.0. The van der Waals surface area contributed by atoms with Crippen molar-refractivity contribution in [2.24, 2.45) is 0 Å². The largest absolute Gasteiger partial charge is 0.350 e. The molecule has 0 fully saturated rings. The van der Waals surface area contributed by atoms with E-state index in [1.807, 2.05) is 24.3 Å². The molecule has 0 saturated carbocycles. The minimum absolute atomic E-state index is 0.681. The van der Waals surface area contributed by atoms with Crippen LogP contribution in [-0.2, 0) is 13.0 Å². The van der Waals surface area contributed by atoms with Gasteiger partial charge in [0, 0.05) is 41.4 Å². The van der Waals surface area contributed by atoms with Gasteiger partial charge in [0.05, 0.1) is 12.0 Å². The molecule has 124 valence electrons. The first kappa shape index (κ1) is 14.4. The Morgan fingerprint density at radius 3 is 2.84 bits per heavy atom. The molecule has 0 spiro atoms. The molecule has 0 saturated heterocycles. The molecule has 0 bridgehead atoms. The number of aromatic amines is 2. The number of aromatic nitrogens is 6. The zero-order valence-electron chi connectivity index (χ0n) is 13.2. The monoisotopic (exact) mass is 351 g/mol. The summed E-state index contributed by atoms with van der Waals surface area (Å²) in [6.07, 6.45) is 4.09. The van der Waals surface area contributed by atoms with E-state index in [9.17, 15) is 0 Å². The Hall–Kier alpha value is -2.93. The Morgan fingerprint density at radius 1 is 1.08 bits per heavy atom. The maximum atomic E-state index is 6.00. The van der Waals surface area contributed by atoms with Gasteiger partial charge in [-0.2, -0.15) is 5.10 Å². The average Bonchev–Trinajstić information content (AvgIpc) is 3.28. The van der Waals surface area contributed by atoms with Gasteiger partial charge in [-0.05, 0) is 12.1 Å². The zero-order chi connectivity index (χ0) is 16.8. The molecule has 3 aromatic heterocycles. The van der Waals surface area contributed by atoms with Crippen molar-refractivity contribution in [1.82, 2.24) is 30.1 Å². The van der Waals surface area contributed by atoms with Crippen LogP contribution in [0.5, 0.6) is 0 Å². The first-order valence-electron chi connectivity index (χ1n) is 8.00. The van der Waals surface area contributed by atoms with Gasteiger partial charge in [-0.25, -0.2) is 15.0 Å². The molecule has 7 nitrogen and oxygen atoms in total. The van der Waals surface area contributed by atoms with Gasteiger partial charge >= 0.3 is 0 Å². The fraction of sp³-hybridized carbons (Fsp3) is 0.176. The molecule has 1 aromatic carbocycles. The Bertz CT molecular complexity index is 1050. The maximum absolute atomic E-state index is 6.00. The second-order valence-corrected chi connectivity index (χ2v) is 6.44. The lowest BCUT2D eigenvalue weighted by atomic mass is 10.0.